The minimum absolute atomic E-state index is 0.668. The van der Waals surface area contributed by atoms with Gasteiger partial charge in [-0.25, -0.2) is 0 Å². The highest BCUT2D eigenvalue weighted by Crippen LogP contribution is 2.64. The van der Waals surface area contributed by atoms with Crippen molar-refractivity contribution in [2.24, 2.45) is 35.0 Å². The first-order valence-electron chi connectivity index (χ1n) is 8.50. The van der Waals surface area contributed by atoms with Crippen molar-refractivity contribution in [3.05, 3.63) is 23.3 Å². The van der Waals surface area contributed by atoms with E-state index in [-0.39, 0.29) is 0 Å². The van der Waals surface area contributed by atoms with Crippen LogP contribution in [0.1, 0.15) is 59.3 Å². The molecular weight excluding hydrogens is 228 g/mol. The van der Waals surface area contributed by atoms with Gasteiger partial charge in [-0.15, -0.1) is 0 Å². The van der Waals surface area contributed by atoms with Gasteiger partial charge in [0.2, 0.25) is 0 Å². The van der Waals surface area contributed by atoms with Crippen LogP contribution in [-0.2, 0) is 0 Å². The van der Waals surface area contributed by atoms with E-state index in [1.54, 1.807) is 11.1 Å². The van der Waals surface area contributed by atoms with Crippen molar-refractivity contribution in [3.63, 3.8) is 0 Å². The minimum atomic E-state index is 0.668. The zero-order valence-electron chi connectivity index (χ0n) is 12.8. The molecule has 4 aliphatic rings. The molecule has 0 saturated heterocycles. The largest absolute Gasteiger partial charge is 0.0802 e. The van der Waals surface area contributed by atoms with E-state index >= 15 is 0 Å². The highest BCUT2D eigenvalue weighted by Gasteiger charge is 2.55. The van der Waals surface area contributed by atoms with Gasteiger partial charge in [-0.2, -0.15) is 0 Å². The van der Waals surface area contributed by atoms with Crippen molar-refractivity contribution in [1.82, 2.24) is 0 Å². The van der Waals surface area contributed by atoms with Gasteiger partial charge in [-0.05, 0) is 84.7 Å². The maximum atomic E-state index is 2.61. The summed E-state index contributed by atoms with van der Waals surface area (Å²) in [5, 5.41) is 0. The monoisotopic (exact) mass is 256 g/mol. The van der Waals surface area contributed by atoms with Crippen LogP contribution < -0.4 is 0 Å². The van der Waals surface area contributed by atoms with Crippen molar-refractivity contribution < 1.29 is 0 Å². The summed E-state index contributed by atoms with van der Waals surface area (Å²) in [7, 11) is 0. The van der Waals surface area contributed by atoms with Gasteiger partial charge in [0.1, 0.15) is 0 Å². The first-order chi connectivity index (χ1) is 9.09. The number of rotatable bonds is 0. The summed E-state index contributed by atoms with van der Waals surface area (Å²) in [4.78, 5) is 0. The lowest BCUT2D eigenvalue weighted by molar-refractivity contribution is 0.0396. The van der Waals surface area contributed by atoms with Crippen molar-refractivity contribution in [1.29, 1.82) is 0 Å². The lowest BCUT2D eigenvalue weighted by Gasteiger charge is -2.46. The molecule has 0 heterocycles. The van der Waals surface area contributed by atoms with Gasteiger partial charge in [0, 0.05) is 0 Å². The van der Waals surface area contributed by atoms with E-state index in [9.17, 15) is 0 Å². The van der Waals surface area contributed by atoms with E-state index in [0.29, 0.717) is 5.41 Å². The second-order valence-electron chi connectivity index (χ2n) is 8.17. The molecule has 0 heteroatoms. The van der Waals surface area contributed by atoms with Crippen LogP contribution in [0.25, 0.3) is 0 Å². The Labute approximate surface area is 118 Å². The Morgan fingerprint density at radius 2 is 2.00 bits per heavy atom. The van der Waals surface area contributed by atoms with Crippen LogP contribution in [0.5, 0.6) is 0 Å². The van der Waals surface area contributed by atoms with Gasteiger partial charge in [0.25, 0.3) is 0 Å². The summed E-state index contributed by atoms with van der Waals surface area (Å²) in [5.41, 5.74) is 4.20. The van der Waals surface area contributed by atoms with E-state index in [0.717, 1.165) is 29.6 Å². The SMILES string of the molecule is CC1C=C2CC3C(CCC4(C)C(C)CCC34)C2=CC1. The number of allylic oxidation sites excluding steroid dienone is 4. The van der Waals surface area contributed by atoms with Crippen LogP contribution in [0.15, 0.2) is 23.3 Å². The third kappa shape index (κ3) is 1.58. The average molecular weight is 256 g/mol. The summed E-state index contributed by atoms with van der Waals surface area (Å²) in [6.45, 7) is 7.51. The Bertz CT molecular complexity index is 455. The van der Waals surface area contributed by atoms with Gasteiger partial charge < -0.3 is 0 Å². The predicted molar refractivity (Wildman–Crippen MR) is 80.8 cm³/mol. The molecule has 3 saturated carbocycles. The first-order valence-corrected chi connectivity index (χ1v) is 8.50. The van der Waals surface area contributed by atoms with Gasteiger partial charge in [0.05, 0.1) is 0 Å². The van der Waals surface area contributed by atoms with E-state index in [4.69, 9.17) is 0 Å². The number of fused-ring (bicyclic) bond motifs is 5. The summed E-state index contributed by atoms with van der Waals surface area (Å²) in [5.74, 6) is 4.69. The minimum Gasteiger partial charge on any atom is -0.0802 e. The highest BCUT2D eigenvalue weighted by atomic mass is 14.6. The lowest BCUT2D eigenvalue weighted by Crippen LogP contribution is -2.39. The van der Waals surface area contributed by atoms with E-state index < -0.39 is 0 Å². The smallest absolute Gasteiger partial charge is 0.0128 e. The number of hydrogen-bond donors (Lipinski definition) is 0. The van der Waals surface area contributed by atoms with Crippen molar-refractivity contribution in [3.8, 4) is 0 Å². The molecule has 4 rings (SSSR count). The second-order valence-corrected chi connectivity index (χ2v) is 8.17. The quantitative estimate of drug-likeness (QED) is 0.547. The molecule has 0 nitrogen and oxygen atoms in total. The summed E-state index contributed by atoms with van der Waals surface area (Å²) >= 11 is 0. The van der Waals surface area contributed by atoms with Crippen LogP contribution in [0.2, 0.25) is 0 Å². The summed E-state index contributed by atoms with van der Waals surface area (Å²) in [6, 6.07) is 0. The van der Waals surface area contributed by atoms with E-state index in [2.05, 4.69) is 32.9 Å². The number of hydrogen-bond acceptors (Lipinski definition) is 0. The van der Waals surface area contributed by atoms with E-state index in [1.165, 1.54) is 38.5 Å². The fourth-order valence-corrected chi connectivity index (χ4v) is 6.00. The Balaban J connectivity index is 1.69. The fourth-order valence-electron chi connectivity index (χ4n) is 6.00. The Kier molecular flexibility index (Phi) is 2.57. The zero-order chi connectivity index (χ0) is 13.2. The van der Waals surface area contributed by atoms with Crippen LogP contribution in [0, 0.1) is 35.0 Å². The molecule has 0 amide bonds. The van der Waals surface area contributed by atoms with Crippen molar-refractivity contribution >= 4 is 0 Å². The molecular formula is C19H28. The zero-order valence-corrected chi connectivity index (χ0v) is 12.8. The Hall–Kier alpha value is -0.520. The molecule has 0 N–H and O–H groups in total. The summed E-state index contributed by atoms with van der Waals surface area (Å²) in [6.07, 6.45) is 13.9. The van der Waals surface area contributed by atoms with Gasteiger partial charge in [0.15, 0.2) is 0 Å². The van der Waals surface area contributed by atoms with Gasteiger partial charge in [-0.1, -0.05) is 32.9 Å². The molecule has 0 aromatic heterocycles. The molecule has 104 valence electrons. The normalized spacial score (nSPS) is 52.1. The van der Waals surface area contributed by atoms with Crippen LogP contribution in [0.4, 0.5) is 0 Å². The molecule has 0 bridgehead atoms. The molecule has 0 aromatic rings. The van der Waals surface area contributed by atoms with E-state index in [1.807, 2.05) is 0 Å². The highest BCUT2D eigenvalue weighted by molar-refractivity contribution is 5.42. The second kappa shape index (κ2) is 3.99. The topological polar surface area (TPSA) is 0 Å². The molecule has 0 radical (unpaired) electrons. The standard InChI is InChI=1S/C19H28/c1-12-4-6-15-14(10-12)11-17-16(15)8-9-19(3)13(2)5-7-18(17)19/h6,10,12-13,16-18H,4-5,7-9,11H2,1-3H3. The maximum absolute atomic E-state index is 2.61. The van der Waals surface area contributed by atoms with Gasteiger partial charge >= 0.3 is 0 Å². The molecule has 0 aliphatic heterocycles. The molecule has 0 aromatic carbocycles. The average Bonchev–Trinajstić information content (AvgIpc) is 2.87. The Morgan fingerprint density at radius 1 is 1.16 bits per heavy atom. The first kappa shape index (κ1) is 12.2. The molecule has 0 spiro atoms. The third-order valence-corrected chi connectivity index (χ3v) is 7.33. The van der Waals surface area contributed by atoms with Crippen LogP contribution >= 0.6 is 0 Å². The van der Waals surface area contributed by atoms with Crippen LogP contribution in [0.3, 0.4) is 0 Å². The van der Waals surface area contributed by atoms with Crippen molar-refractivity contribution in [2.45, 2.75) is 59.3 Å². The Morgan fingerprint density at radius 3 is 2.84 bits per heavy atom. The maximum Gasteiger partial charge on any atom is -0.0128 e. The third-order valence-electron chi connectivity index (χ3n) is 7.33. The predicted octanol–water partition coefficient (Wildman–Crippen LogP) is 5.36. The molecule has 3 fully saturated rings. The van der Waals surface area contributed by atoms with Gasteiger partial charge in [-0.3, -0.25) is 0 Å². The molecule has 6 atom stereocenters. The molecule has 4 aliphatic carbocycles. The lowest BCUT2D eigenvalue weighted by atomic mass is 9.59. The molecule has 19 heavy (non-hydrogen) atoms. The molecule has 6 unspecified atom stereocenters. The fraction of sp³-hybridized carbons (Fsp3) is 0.789. The van der Waals surface area contributed by atoms with Crippen LogP contribution in [-0.4, -0.2) is 0 Å². The van der Waals surface area contributed by atoms with Crippen molar-refractivity contribution in [2.75, 3.05) is 0 Å². The summed E-state index contributed by atoms with van der Waals surface area (Å²) < 4.78 is 0.